The van der Waals surface area contributed by atoms with Crippen LogP contribution in [0.5, 0.6) is 0 Å². The summed E-state index contributed by atoms with van der Waals surface area (Å²) in [5, 5.41) is 12.8. The standard InChI is InChI=1S/C19H19FN2O2/c20-14-6-4-12(5-7-14)15-2-1-3-16-17-11-22(19(23)24)10-13(17)8-9-21-18(15)16/h1-7,13,17,21H,8-11H2,(H,23,24)/t13-,17-/m0/s1. The van der Waals surface area contributed by atoms with Crippen molar-refractivity contribution < 1.29 is 14.3 Å². The van der Waals surface area contributed by atoms with Crippen LogP contribution in [0.4, 0.5) is 14.9 Å². The van der Waals surface area contributed by atoms with E-state index < -0.39 is 6.09 Å². The molecule has 1 saturated heterocycles. The molecule has 1 amide bonds. The van der Waals surface area contributed by atoms with Crippen molar-refractivity contribution >= 4 is 11.8 Å². The van der Waals surface area contributed by atoms with Crippen LogP contribution < -0.4 is 5.32 Å². The number of para-hydroxylation sites is 1. The van der Waals surface area contributed by atoms with E-state index in [4.69, 9.17) is 0 Å². The van der Waals surface area contributed by atoms with Gasteiger partial charge in [-0.05, 0) is 35.6 Å². The molecule has 2 aliphatic heterocycles. The normalized spacial score (nSPS) is 22.3. The first-order valence-corrected chi connectivity index (χ1v) is 8.24. The lowest BCUT2D eigenvalue weighted by molar-refractivity contribution is 0.153. The maximum Gasteiger partial charge on any atom is 0.407 e. The minimum atomic E-state index is -0.840. The number of amides is 1. The molecule has 2 aromatic carbocycles. The fourth-order valence-electron chi connectivity index (χ4n) is 4.00. The molecule has 4 rings (SSSR count). The van der Waals surface area contributed by atoms with Gasteiger partial charge in [-0.3, -0.25) is 0 Å². The Hall–Kier alpha value is -2.56. The highest BCUT2D eigenvalue weighted by molar-refractivity contribution is 5.81. The summed E-state index contributed by atoms with van der Waals surface area (Å²) >= 11 is 0. The van der Waals surface area contributed by atoms with Crippen LogP contribution in [-0.2, 0) is 0 Å². The first kappa shape index (κ1) is 15.0. The maximum absolute atomic E-state index is 13.2. The largest absolute Gasteiger partial charge is 0.465 e. The SMILES string of the molecule is O=C(O)N1C[C@@H]2CCNc3c(-c4ccc(F)cc4)cccc3[C@H]2C1. The number of hydrogen-bond donors (Lipinski definition) is 2. The molecule has 1 fully saturated rings. The van der Waals surface area contributed by atoms with Crippen LogP contribution >= 0.6 is 0 Å². The molecule has 0 aromatic heterocycles. The van der Waals surface area contributed by atoms with Gasteiger partial charge in [-0.25, -0.2) is 9.18 Å². The minimum absolute atomic E-state index is 0.214. The van der Waals surface area contributed by atoms with E-state index in [1.54, 1.807) is 12.1 Å². The summed E-state index contributed by atoms with van der Waals surface area (Å²) in [6, 6.07) is 12.6. The Kier molecular flexibility index (Phi) is 3.63. The fourth-order valence-corrected chi connectivity index (χ4v) is 4.00. The molecule has 2 heterocycles. The first-order valence-electron chi connectivity index (χ1n) is 8.24. The molecule has 0 unspecified atom stereocenters. The molecule has 5 heteroatoms. The zero-order chi connectivity index (χ0) is 16.7. The van der Waals surface area contributed by atoms with Gasteiger partial charge in [-0.2, -0.15) is 0 Å². The second kappa shape index (κ2) is 5.82. The van der Waals surface area contributed by atoms with Gasteiger partial charge in [0, 0.05) is 36.8 Å². The number of rotatable bonds is 1. The van der Waals surface area contributed by atoms with Crippen LogP contribution in [0.2, 0.25) is 0 Å². The highest BCUT2D eigenvalue weighted by Gasteiger charge is 2.38. The Balaban J connectivity index is 1.77. The third-order valence-electron chi connectivity index (χ3n) is 5.18. The Bertz CT molecular complexity index is 775. The predicted molar refractivity (Wildman–Crippen MR) is 90.8 cm³/mol. The second-order valence-corrected chi connectivity index (χ2v) is 6.55. The molecule has 0 radical (unpaired) electrons. The number of nitrogens with zero attached hydrogens (tertiary/aromatic N) is 1. The third-order valence-corrected chi connectivity index (χ3v) is 5.18. The Labute approximate surface area is 139 Å². The third kappa shape index (κ3) is 2.50. The molecule has 2 aromatic rings. The molecular formula is C19H19FN2O2. The van der Waals surface area contributed by atoms with E-state index >= 15 is 0 Å². The van der Waals surface area contributed by atoms with Gasteiger partial charge in [0.2, 0.25) is 0 Å². The van der Waals surface area contributed by atoms with Crippen molar-refractivity contribution in [1.29, 1.82) is 0 Å². The number of carboxylic acid groups (broad SMARTS) is 1. The molecule has 2 aliphatic rings. The molecule has 0 aliphatic carbocycles. The summed E-state index contributed by atoms with van der Waals surface area (Å²) in [5.74, 6) is 0.312. The van der Waals surface area contributed by atoms with Crippen LogP contribution in [0.3, 0.4) is 0 Å². The molecular weight excluding hydrogens is 307 g/mol. The van der Waals surface area contributed by atoms with Crippen LogP contribution in [0, 0.1) is 11.7 Å². The zero-order valence-corrected chi connectivity index (χ0v) is 13.2. The van der Waals surface area contributed by atoms with Gasteiger partial charge >= 0.3 is 6.09 Å². The van der Waals surface area contributed by atoms with E-state index in [9.17, 15) is 14.3 Å². The monoisotopic (exact) mass is 326 g/mol. The van der Waals surface area contributed by atoms with Crippen molar-refractivity contribution in [3.05, 3.63) is 53.8 Å². The van der Waals surface area contributed by atoms with Gasteiger partial charge in [0.25, 0.3) is 0 Å². The minimum Gasteiger partial charge on any atom is -0.465 e. The smallest absolute Gasteiger partial charge is 0.407 e. The van der Waals surface area contributed by atoms with Crippen molar-refractivity contribution in [2.24, 2.45) is 5.92 Å². The summed E-state index contributed by atoms with van der Waals surface area (Å²) in [6.07, 6.45) is 0.110. The van der Waals surface area contributed by atoms with E-state index in [2.05, 4.69) is 11.4 Å². The highest BCUT2D eigenvalue weighted by Crippen LogP contribution is 2.43. The van der Waals surface area contributed by atoms with Gasteiger partial charge in [-0.15, -0.1) is 0 Å². The van der Waals surface area contributed by atoms with E-state index in [-0.39, 0.29) is 11.7 Å². The molecule has 2 atom stereocenters. The van der Waals surface area contributed by atoms with Crippen molar-refractivity contribution in [3.63, 3.8) is 0 Å². The summed E-state index contributed by atoms with van der Waals surface area (Å²) in [4.78, 5) is 12.9. The van der Waals surface area contributed by atoms with Crippen LogP contribution in [0.15, 0.2) is 42.5 Å². The maximum atomic E-state index is 13.2. The zero-order valence-electron chi connectivity index (χ0n) is 13.2. The summed E-state index contributed by atoms with van der Waals surface area (Å²) < 4.78 is 13.2. The molecule has 124 valence electrons. The number of likely N-dealkylation sites (tertiary alicyclic amines) is 1. The van der Waals surface area contributed by atoms with E-state index in [1.165, 1.54) is 22.6 Å². The lowest BCUT2D eigenvalue weighted by atomic mass is 9.85. The number of nitrogens with one attached hydrogen (secondary N) is 1. The number of carbonyl (C=O) groups is 1. The lowest BCUT2D eigenvalue weighted by Gasteiger charge is -2.19. The van der Waals surface area contributed by atoms with E-state index in [1.807, 2.05) is 12.1 Å². The van der Waals surface area contributed by atoms with Crippen LogP contribution in [-0.4, -0.2) is 35.7 Å². The molecule has 4 nitrogen and oxygen atoms in total. The van der Waals surface area contributed by atoms with Gasteiger partial charge in [0.05, 0.1) is 0 Å². The molecule has 0 bridgehead atoms. The Morgan fingerprint density at radius 2 is 1.96 bits per heavy atom. The van der Waals surface area contributed by atoms with E-state index in [0.29, 0.717) is 19.0 Å². The van der Waals surface area contributed by atoms with Crippen molar-refractivity contribution in [2.75, 3.05) is 25.0 Å². The Morgan fingerprint density at radius 3 is 2.71 bits per heavy atom. The Morgan fingerprint density at radius 1 is 1.17 bits per heavy atom. The average molecular weight is 326 g/mol. The highest BCUT2D eigenvalue weighted by atomic mass is 19.1. The molecule has 0 spiro atoms. The lowest BCUT2D eigenvalue weighted by Crippen LogP contribution is -2.27. The van der Waals surface area contributed by atoms with E-state index in [0.717, 1.165) is 29.8 Å². The number of hydrogen-bond acceptors (Lipinski definition) is 2. The summed E-state index contributed by atoms with van der Waals surface area (Å²) in [7, 11) is 0. The van der Waals surface area contributed by atoms with Crippen molar-refractivity contribution in [3.8, 4) is 11.1 Å². The number of benzene rings is 2. The fraction of sp³-hybridized carbons (Fsp3) is 0.316. The summed E-state index contributed by atoms with van der Waals surface area (Å²) in [5.41, 5.74) is 4.24. The second-order valence-electron chi connectivity index (χ2n) is 6.55. The molecule has 24 heavy (non-hydrogen) atoms. The average Bonchev–Trinajstić information content (AvgIpc) is 2.92. The number of anilines is 1. The van der Waals surface area contributed by atoms with Gasteiger partial charge in [-0.1, -0.05) is 30.3 Å². The van der Waals surface area contributed by atoms with Gasteiger partial charge < -0.3 is 15.3 Å². The first-order chi connectivity index (χ1) is 11.6. The number of fused-ring (bicyclic) bond motifs is 3. The number of halogens is 1. The topological polar surface area (TPSA) is 52.6 Å². The predicted octanol–water partition coefficient (Wildman–Crippen LogP) is 4.00. The van der Waals surface area contributed by atoms with Crippen molar-refractivity contribution in [1.82, 2.24) is 4.90 Å². The molecule has 2 N–H and O–H groups in total. The quantitative estimate of drug-likeness (QED) is 0.833. The van der Waals surface area contributed by atoms with Gasteiger partial charge in [0.1, 0.15) is 5.82 Å². The summed E-state index contributed by atoms with van der Waals surface area (Å²) in [6.45, 7) is 1.96. The van der Waals surface area contributed by atoms with Crippen LogP contribution in [0.1, 0.15) is 17.9 Å². The molecule has 0 saturated carbocycles. The van der Waals surface area contributed by atoms with Crippen LogP contribution in [0.25, 0.3) is 11.1 Å². The van der Waals surface area contributed by atoms with Crippen molar-refractivity contribution in [2.45, 2.75) is 12.3 Å². The van der Waals surface area contributed by atoms with Gasteiger partial charge in [0.15, 0.2) is 0 Å².